The van der Waals surface area contributed by atoms with Crippen molar-refractivity contribution in [2.24, 2.45) is 0 Å². The monoisotopic (exact) mass is 448 g/mol. The van der Waals surface area contributed by atoms with E-state index in [1.165, 1.54) is 7.11 Å². The number of hydrogen-bond donors (Lipinski definition) is 0. The first-order valence-electron chi connectivity index (χ1n) is 7.17. The molecule has 0 fully saturated rings. The summed E-state index contributed by atoms with van der Waals surface area (Å²) in [5.74, 6) is -0.333. The summed E-state index contributed by atoms with van der Waals surface area (Å²) in [6.07, 6.45) is 0.754. The number of aromatic nitrogens is 1. The first-order chi connectivity index (χ1) is 11.7. The van der Waals surface area contributed by atoms with Crippen LogP contribution in [0.1, 0.15) is 27.2 Å². The Labute approximate surface area is 156 Å². The van der Waals surface area contributed by atoms with Crippen molar-refractivity contribution in [3.8, 4) is 6.07 Å². The maximum atomic E-state index is 11.7. The number of nitriles is 1. The lowest BCUT2D eigenvalue weighted by Crippen LogP contribution is -2.00. The first-order valence-corrected chi connectivity index (χ1v) is 10.5. The number of ether oxygens (including phenoxy) is 1. The number of carbonyl (C=O) groups excluding carboxylic acids is 1. The Morgan fingerprint density at radius 3 is 2.62 bits per heavy atom. The van der Waals surface area contributed by atoms with Crippen molar-refractivity contribution >= 4 is 47.2 Å². The van der Waals surface area contributed by atoms with E-state index in [4.69, 9.17) is 10.00 Å². The van der Waals surface area contributed by atoms with Gasteiger partial charge in [0.1, 0.15) is 0 Å². The van der Waals surface area contributed by atoms with Crippen molar-refractivity contribution in [2.45, 2.75) is 6.42 Å². The van der Waals surface area contributed by atoms with Crippen molar-refractivity contribution in [1.29, 1.82) is 5.26 Å². The van der Waals surface area contributed by atoms with Crippen molar-refractivity contribution < 1.29 is 9.53 Å². The molecular formula is C18H13IN2O2S. The van der Waals surface area contributed by atoms with Gasteiger partial charge in [-0.2, -0.15) is 5.26 Å². The fraction of sp³-hybridized carbons (Fsp3) is 0.111. The molecule has 1 aromatic heterocycles. The minimum atomic E-state index is -0.333. The molecule has 1 heterocycles. The third-order valence-electron chi connectivity index (χ3n) is 3.79. The summed E-state index contributed by atoms with van der Waals surface area (Å²) in [5.41, 5.74) is 4.54. The first kappa shape index (κ1) is 16.9. The summed E-state index contributed by atoms with van der Waals surface area (Å²) >= 11 is 2.25. The van der Waals surface area contributed by atoms with Crippen LogP contribution in [0.4, 0.5) is 0 Å². The average molecular weight is 448 g/mol. The Morgan fingerprint density at radius 2 is 2.00 bits per heavy atom. The maximum absolute atomic E-state index is 11.7. The van der Waals surface area contributed by atoms with Gasteiger partial charge >= 0.3 is 5.97 Å². The van der Waals surface area contributed by atoms with Gasteiger partial charge in [-0.25, -0.2) is 4.79 Å². The Morgan fingerprint density at radius 1 is 1.25 bits per heavy atom. The van der Waals surface area contributed by atoms with E-state index < -0.39 is 0 Å². The molecule has 0 aliphatic rings. The quantitative estimate of drug-likeness (QED) is 0.428. The topological polar surface area (TPSA) is 55.0 Å². The van der Waals surface area contributed by atoms with Crippen LogP contribution in [0.5, 0.6) is 0 Å². The molecule has 0 saturated heterocycles. The highest BCUT2D eigenvalue weighted by Gasteiger charge is 2.13. The predicted octanol–water partition coefficient (Wildman–Crippen LogP) is 4.74. The lowest BCUT2D eigenvalue weighted by Gasteiger charge is -2.06. The van der Waals surface area contributed by atoms with Gasteiger partial charge in [-0.15, -0.1) is 0 Å². The largest absolute Gasteiger partial charge is 0.465 e. The number of hydrogen-bond acceptors (Lipinski definition) is 4. The molecule has 0 atom stereocenters. The molecule has 2 aromatic carbocycles. The molecule has 24 heavy (non-hydrogen) atoms. The van der Waals surface area contributed by atoms with Crippen LogP contribution in [-0.4, -0.2) is 17.1 Å². The van der Waals surface area contributed by atoms with Gasteiger partial charge in [0.25, 0.3) is 0 Å². The van der Waals surface area contributed by atoms with E-state index in [2.05, 4.69) is 37.3 Å². The van der Waals surface area contributed by atoms with E-state index in [-0.39, 0.29) is 5.97 Å². The molecule has 3 aromatic rings. The van der Waals surface area contributed by atoms with E-state index in [1.807, 2.05) is 36.4 Å². The fourth-order valence-corrected chi connectivity index (χ4v) is 4.45. The van der Waals surface area contributed by atoms with Gasteiger partial charge in [0, 0.05) is 47.8 Å². The summed E-state index contributed by atoms with van der Waals surface area (Å²) in [5, 5.41) is 9.90. The second kappa shape index (κ2) is 7.28. The molecule has 0 aliphatic heterocycles. The molecule has 120 valence electrons. The van der Waals surface area contributed by atoms with Gasteiger partial charge in [0.2, 0.25) is 0 Å². The molecule has 6 heteroatoms. The summed E-state index contributed by atoms with van der Waals surface area (Å²) in [6.45, 7) is 0. The highest BCUT2D eigenvalue weighted by Crippen LogP contribution is 2.30. The zero-order chi connectivity index (χ0) is 17.1. The van der Waals surface area contributed by atoms with Crippen LogP contribution in [-0.2, 0) is 11.2 Å². The van der Waals surface area contributed by atoms with Gasteiger partial charge < -0.3 is 4.74 Å². The van der Waals surface area contributed by atoms with Gasteiger partial charge in [0.05, 0.1) is 29.8 Å². The maximum Gasteiger partial charge on any atom is 0.337 e. The SMILES string of the molecule is COC(=O)c1ccc2c(c1)cc(Cc1ccc(C#N)cc1)n2SI. The Kier molecular flexibility index (Phi) is 5.11. The number of rotatable bonds is 4. The summed E-state index contributed by atoms with van der Waals surface area (Å²) < 4.78 is 6.94. The van der Waals surface area contributed by atoms with Crippen molar-refractivity contribution in [3.63, 3.8) is 0 Å². The lowest BCUT2D eigenvalue weighted by molar-refractivity contribution is 0.0601. The molecular weight excluding hydrogens is 435 g/mol. The second-order valence-electron chi connectivity index (χ2n) is 5.25. The summed E-state index contributed by atoms with van der Waals surface area (Å²) in [4.78, 5) is 11.7. The van der Waals surface area contributed by atoms with Crippen molar-refractivity contribution in [2.75, 3.05) is 7.11 Å². The van der Waals surface area contributed by atoms with Gasteiger partial charge in [-0.3, -0.25) is 3.97 Å². The molecule has 0 radical (unpaired) electrons. The van der Waals surface area contributed by atoms with Crippen LogP contribution >= 0.6 is 30.3 Å². The molecule has 0 saturated carbocycles. The van der Waals surface area contributed by atoms with Crippen LogP contribution in [0.25, 0.3) is 10.9 Å². The number of fused-ring (bicyclic) bond motifs is 1. The Hall–Kier alpha value is -1.98. The van der Waals surface area contributed by atoms with E-state index in [0.717, 1.165) is 28.6 Å². The molecule has 0 bridgehead atoms. The van der Waals surface area contributed by atoms with E-state index in [0.29, 0.717) is 11.1 Å². The third-order valence-corrected chi connectivity index (χ3v) is 5.54. The normalized spacial score (nSPS) is 10.5. The summed E-state index contributed by atoms with van der Waals surface area (Å²) in [6, 6.07) is 17.4. The zero-order valence-corrected chi connectivity index (χ0v) is 15.8. The smallest absolute Gasteiger partial charge is 0.337 e. The number of nitrogens with zero attached hydrogens (tertiary/aromatic N) is 2. The van der Waals surface area contributed by atoms with Gasteiger partial charge in [-0.05, 0) is 42.0 Å². The molecule has 0 amide bonds. The number of benzene rings is 2. The number of halogens is 1. The second-order valence-corrected chi connectivity index (χ2v) is 6.93. The Balaban J connectivity index is 2.00. The zero-order valence-electron chi connectivity index (χ0n) is 12.8. The van der Waals surface area contributed by atoms with Crippen molar-refractivity contribution in [1.82, 2.24) is 3.97 Å². The van der Waals surface area contributed by atoms with Crippen LogP contribution in [0.15, 0.2) is 48.5 Å². The molecule has 0 unspecified atom stereocenters. The van der Waals surface area contributed by atoms with E-state index in [1.54, 1.807) is 15.2 Å². The Bertz CT molecular complexity index is 942. The fourth-order valence-electron chi connectivity index (χ4n) is 2.60. The van der Waals surface area contributed by atoms with E-state index in [9.17, 15) is 4.79 Å². The third kappa shape index (κ3) is 3.28. The van der Waals surface area contributed by atoms with Crippen molar-refractivity contribution in [3.05, 3.63) is 70.9 Å². The van der Waals surface area contributed by atoms with Crippen LogP contribution in [0.2, 0.25) is 0 Å². The molecule has 0 N–H and O–H groups in total. The minimum Gasteiger partial charge on any atom is -0.465 e. The molecule has 0 aliphatic carbocycles. The molecule has 4 nitrogen and oxygen atoms in total. The van der Waals surface area contributed by atoms with Crippen LogP contribution in [0.3, 0.4) is 0 Å². The number of methoxy groups -OCH3 is 1. The molecule has 3 rings (SSSR count). The van der Waals surface area contributed by atoms with Crippen LogP contribution < -0.4 is 0 Å². The number of carbonyl (C=O) groups is 1. The lowest BCUT2D eigenvalue weighted by atomic mass is 10.1. The summed E-state index contributed by atoms with van der Waals surface area (Å²) in [7, 11) is 2.98. The standard InChI is InChI=1S/C18H13IN2O2S/c1-23-18(22)14-6-7-17-15(9-14)10-16(21(17)24-19)8-12-2-4-13(11-20)5-3-12/h2-7,9-10H,8H2,1H3. The highest BCUT2D eigenvalue weighted by molar-refractivity contribution is 14.2. The highest BCUT2D eigenvalue weighted by atomic mass is 127. The van der Waals surface area contributed by atoms with Gasteiger partial charge in [0.15, 0.2) is 0 Å². The average Bonchev–Trinajstić information content (AvgIpc) is 2.97. The van der Waals surface area contributed by atoms with Gasteiger partial charge in [-0.1, -0.05) is 12.1 Å². The van der Waals surface area contributed by atoms with Crippen LogP contribution in [0, 0.1) is 11.3 Å². The number of esters is 1. The molecule has 0 spiro atoms. The minimum absolute atomic E-state index is 0.333. The predicted molar refractivity (Wildman–Crippen MR) is 104 cm³/mol. The van der Waals surface area contributed by atoms with E-state index >= 15 is 0 Å².